The van der Waals surface area contributed by atoms with Crippen molar-refractivity contribution >= 4 is 6.03 Å². The van der Waals surface area contributed by atoms with Gasteiger partial charge in [0.2, 0.25) is 0 Å². The first-order chi connectivity index (χ1) is 5.68. The van der Waals surface area contributed by atoms with Crippen LogP contribution in [0.15, 0.2) is 0 Å². The first kappa shape index (κ1) is 9.32. The summed E-state index contributed by atoms with van der Waals surface area (Å²) in [5.74, 6) is 0.590. The van der Waals surface area contributed by atoms with Crippen LogP contribution in [0, 0.1) is 5.92 Å². The average Bonchev–Trinajstić information content (AvgIpc) is 2.37. The Morgan fingerprint density at radius 2 is 2.58 bits per heavy atom. The quantitative estimate of drug-likeness (QED) is 0.650. The first-order valence-corrected chi connectivity index (χ1v) is 4.32. The van der Waals surface area contributed by atoms with E-state index in [1.807, 2.05) is 6.92 Å². The number of hydrogen-bond acceptors (Lipinski definition) is 2. The number of primary amides is 1. The fourth-order valence-corrected chi connectivity index (χ4v) is 1.57. The van der Waals surface area contributed by atoms with Crippen LogP contribution in [-0.2, 0) is 4.74 Å². The predicted octanol–water partition coefficient (Wildman–Crippen LogP) is 0.470. The van der Waals surface area contributed by atoms with Crippen molar-refractivity contribution in [3.8, 4) is 0 Å². The monoisotopic (exact) mass is 172 g/mol. The number of carbonyl (C=O) groups is 1. The molecule has 4 nitrogen and oxygen atoms in total. The summed E-state index contributed by atoms with van der Waals surface area (Å²) < 4.78 is 5.22. The van der Waals surface area contributed by atoms with E-state index in [9.17, 15) is 4.79 Å². The van der Waals surface area contributed by atoms with Gasteiger partial charge in [-0.05, 0) is 25.7 Å². The molecule has 0 bridgehead atoms. The molecular formula is C8H16N2O2. The fraction of sp³-hybridized carbons (Fsp3) is 0.875. The molecule has 1 heterocycles. The van der Waals surface area contributed by atoms with E-state index in [0.717, 1.165) is 26.1 Å². The molecule has 0 radical (unpaired) electrons. The third kappa shape index (κ3) is 3.09. The molecule has 2 unspecified atom stereocenters. The zero-order valence-corrected chi connectivity index (χ0v) is 7.38. The Morgan fingerprint density at radius 1 is 1.83 bits per heavy atom. The maximum absolute atomic E-state index is 10.5. The molecule has 1 fully saturated rings. The van der Waals surface area contributed by atoms with Gasteiger partial charge in [-0.3, -0.25) is 0 Å². The number of nitrogens with one attached hydrogen (secondary N) is 1. The van der Waals surface area contributed by atoms with Crippen LogP contribution in [0.1, 0.15) is 19.8 Å². The van der Waals surface area contributed by atoms with Crippen molar-refractivity contribution in [1.29, 1.82) is 0 Å². The minimum absolute atomic E-state index is 0.161. The van der Waals surface area contributed by atoms with Crippen molar-refractivity contribution < 1.29 is 9.53 Å². The summed E-state index contributed by atoms with van der Waals surface area (Å²) in [6.45, 7) is 3.64. The summed E-state index contributed by atoms with van der Waals surface area (Å²) in [6, 6.07) is -0.282. The van der Waals surface area contributed by atoms with E-state index in [4.69, 9.17) is 10.5 Å². The molecule has 0 aromatic heterocycles. The van der Waals surface area contributed by atoms with E-state index in [-0.39, 0.29) is 6.04 Å². The summed E-state index contributed by atoms with van der Waals surface area (Å²) in [5, 5.41) is 2.65. The minimum atomic E-state index is -0.443. The second kappa shape index (κ2) is 4.30. The van der Waals surface area contributed by atoms with E-state index in [1.165, 1.54) is 0 Å². The van der Waals surface area contributed by atoms with Gasteiger partial charge < -0.3 is 15.8 Å². The van der Waals surface area contributed by atoms with Crippen molar-refractivity contribution in [2.24, 2.45) is 11.7 Å². The zero-order valence-electron chi connectivity index (χ0n) is 7.38. The molecule has 70 valence electrons. The molecule has 1 saturated heterocycles. The van der Waals surface area contributed by atoms with Gasteiger partial charge in [0.1, 0.15) is 0 Å². The maximum Gasteiger partial charge on any atom is 0.312 e. The molecular weight excluding hydrogens is 156 g/mol. The van der Waals surface area contributed by atoms with Gasteiger partial charge in [-0.15, -0.1) is 0 Å². The highest BCUT2D eigenvalue weighted by Gasteiger charge is 2.18. The molecule has 1 aliphatic rings. The summed E-state index contributed by atoms with van der Waals surface area (Å²) >= 11 is 0. The van der Waals surface area contributed by atoms with Crippen LogP contribution in [0.4, 0.5) is 4.79 Å². The summed E-state index contributed by atoms with van der Waals surface area (Å²) in [6.07, 6.45) is 2.06. The Kier molecular flexibility index (Phi) is 3.34. The molecule has 0 saturated carbocycles. The van der Waals surface area contributed by atoms with E-state index in [1.54, 1.807) is 0 Å². The van der Waals surface area contributed by atoms with Crippen LogP contribution < -0.4 is 11.1 Å². The normalized spacial score (nSPS) is 25.2. The molecule has 4 heteroatoms. The highest BCUT2D eigenvalue weighted by atomic mass is 16.5. The first-order valence-electron chi connectivity index (χ1n) is 4.32. The lowest BCUT2D eigenvalue weighted by atomic mass is 10.0. The van der Waals surface area contributed by atoms with Crippen molar-refractivity contribution in [3.05, 3.63) is 0 Å². The fourth-order valence-electron chi connectivity index (χ4n) is 1.57. The molecule has 2 atom stereocenters. The summed E-state index contributed by atoms with van der Waals surface area (Å²) in [5.41, 5.74) is 4.99. The molecule has 0 spiro atoms. The lowest BCUT2D eigenvalue weighted by Crippen LogP contribution is -2.37. The van der Waals surface area contributed by atoms with Crippen LogP contribution >= 0.6 is 0 Å². The van der Waals surface area contributed by atoms with Crippen LogP contribution in [-0.4, -0.2) is 25.3 Å². The SMILES string of the molecule is CC(CC1CCOC1)NC(N)=O. The maximum atomic E-state index is 10.5. The van der Waals surface area contributed by atoms with Gasteiger partial charge in [0.25, 0.3) is 0 Å². The van der Waals surface area contributed by atoms with E-state index in [0.29, 0.717) is 5.92 Å². The number of urea groups is 1. The summed E-state index contributed by atoms with van der Waals surface area (Å²) in [7, 11) is 0. The van der Waals surface area contributed by atoms with Crippen LogP contribution in [0.3, 0.4) is 0 Å². The average molecular weight is 172 g/mol. The van der Waals surface area contributed by atoms with Gasteiger partial charge in [-0.25, -0.2) is 4.79 Å². The summed E-state index contributed by atoms with van der Waals surface area (Å²) in [4.78, 5) is 10.5. The highest BCUT2D eigenvalue weighted by Crippen LogP contribution is 2.17. The number of nitrogens with two attached hydrogens (primary N) is 1. The molecule has 12 heavy (non-hydrogen) atoms. The lowest BCUT2D eigenvalue weighted by Gasteiger charge is -2.15. The molecule has 1 rings (SSSR count). The van der Waals surface area contributed by atoms with Gasteiger partial charge in [0, 0.05) is 19.3 Å². The van der Waals surface area contributed by atoms with Crippen molar-refractivity contribution in [2.75, 3.05) is 13.2 Å². The Morgan fingerprint density at radius 3 is 3.08 bits per heavy atom. The largest absolute Gasteiger partial charge is 0.381 e. The van der Waals surface area contributed by atoms with Gasteiger partial charge in [0.15, 0.2) is 0 Å². The third-order valence-corrected chi connectivity index (χ3v) is 2.10. The standard InChI is InChI=1S/C8H16N2O2/c1-6(10-8(9)11)4-7-2-3-12-5-7/h6-7H,2-5H2,1H3,(H3,9,10,11). The molecule has 3 N–H and O–H groups in total. The Bertz CT molecular complexity index is 155. The Labute approximate surface area is 72.5 Å². The Balaban J connectivity index is 2.16. The molecule has 0 aliphatic carbocycles. The molecule has 0 aromatic carbocycles. The van der Waals surface area contributed by atoms with Gasteiger partial charge in [0.05, 0.1) is 0 Å². The molecule has 2 amide bonds. The second-order valence-electron chi connectivity index (χ2n) is 3.37. The van der Waals surface area contributed by atoms with Crippen LogP contribution in [0.2, 0.25) is 0 Å². The van der Waals surface area contributed by atoms with Crippen molar-refractivity contribution in [1.82, 2.24) is 5.32 Å². The van der Waals surface area contributed by atoms with Crippen LogP contribution in [0.5, 0.6) is 0 Å². The number of ether oxygens (including phenoxy) is 1. The van der Waals surface area contributed by atoms with Crippen LogP contribution in [0.25, 0.3) is 0 Å². The number of amides is 2. The Hall–Kier alpha value is -0.770. The minimum Gasteiger partial charge on any atom is -0.381 e. The van der Waals surface area contributed by atoms with Gasteiger partial charge in [-0.2, -0.15) is 0 Å². The zero-order chi connectivity index (χ0) is 8.97. The topological polar surface area (TPSA) is 64.3 Å². The van der Waals surface area contributed by atoms with E-state index >= 15 is 0 Å². The van der Waals surface area contributed by atoms with E-state index in [2.05, 4.69) is 5.32 Å². The number of carbonyl (C=O) groups excluding carboxylic acids is 1. The highest BCUT2D eigenvalue weighted by molar-refractivity contribution is 5.71. The number of rotatable bonds is 3. The van der Waals surface area contributed by atoms with E-state index < -0.39 is 6.03 Å². The van der Waals surface area contributed by atoms with Crippen molar-refractivity contribution in [3.63, 3.8) is 0 Å². The second-order valence-corrected chi connectivity index (χ2v) is 3.37. The van der Waals surface area contributed by atoms with Gasteiger partial charge in [-0.1, -0.05) is 0 Å². The molecule has 1 aliphatic heterocycles. The smallest absolute Gasteiger partial charge is 0.312 e. The van der Waals surface area contributed by atoms with Crippen molar-refractivity contribution in [2.45, 2.75) is 25.8 Å². The predicted molar refractivity (Wildman–Crippen MR) is 45.7 cm³/mol. The lowest BCUT2D eigenvalue weighted by molar-refractivity contribution is 0.182. The molecule has 0 aromatic rings. The third-order valence-electron chi connectivity index (χ3n) is 2.10. The van der Waals surface area contributed by atoms with Gasteiger partial charge >= 0.3 is 6.03 Å². The number of hydrogen-bond donors (Lipinski definition) is 2.